The van der Waals surface area contributed by atoms with Crippen molar-refractivity contribution in [2.75, 3.05) is 6.61 Å². The minimum Gasteiger partial charge on any atom is -0.396 e. The van der Waals surface area contributed by atoms with E-state index in [1.54, 1.807) is 6.20 Å². The second-order valence-corrected chi connectivity index (χ2v) is 5.32. The van der Waals surface area contributed by atoms with Crippen molar-refractivity contribution >= 4 is 5.78 Å². The molecule has 0 radical (unpaired) electrons. The number of nitrogens with zero attached hydrogens (tertiary/aromatic N) is 3. The molecule has 1 aliphatic carbocycles. The molecule has 19 heavy (non-hydrogen) atoms. The molecular formula is C14H20N4O. The van der Waals surface area contributed by atoms with Gasteiger partial charge >= 0.3 is 0 Å². The fourth-order valence-corrected chi connectivity index (χ4v) is 2.81. The van der Waals surface area contributed by atoms with Crippen LogP contribution in [0.1, 0.15) is 31.4 Å². The van der Waals surface area contributed by atoms with Gasteiger partial charge in [0, 0.05) is 31.6 Å². The fraction of sp³-hybridized carbons (Fsp3) is 0.571. The molecule has 0 unspecified atom stereocenters. The van der Waals surface area contributed by atoms with Gasteiger partial charge < -0.3 is 10.4 Å². The topological polar surface area (TPSA) is 62.5 Å². The van der Waals surface area contributed by atoms with Gasteiger partial charge in [-0.1, -0.05) is 0 Å². The molecule has 0 aliphatic heterocycles. The van der Waals surface area contributed by atoms with Gasteiger partial charge in [-0.3, -0.25) is 4.40 Å². The van der Waals surface area contributed by atoms with E-state index in [2.05, 4.69) is 15.3 Å². The van der Waals surface area contributed by atoms with Crippen LogP contribution in [0.15, 0.2) is 24.7 Å². The number of imidazole rings is 1. The first-order chi connectivity index (χ1) is 9.36. The third kappa shape index (κ3) is 2.77. The van der Waals surface area contributed by atoms with Crippen molar-refractivity contribution in [3.8, 4) is 0 Å². The quantitative estimate of drug-likeness (QED) is 0.871. The van der Waals surface area contributed by atoms with Crippen LogP contribution in [0.4, 0.5) is 0 Å². The van der Waals surface area contributed by atoms with Crippen LogP contribution in [0.2, 0.25) is 0 Å². The summed E-state index contributed by atoms with van der Waals surface area (Å²) in [5, 5.41) is 12.7. The van der Waals surface area contributed by atoms with Crippen molar-refractivity contribution in [2.24, 2.45) is 5.92 Å². The van der Waals surface area contributed by atoms with E-state index in [0.29, 0.717) is 18.6 Å². The van der Waals surface area contributed by atoms with Crippen LogP contribution >= 0.6 is 0 Å². The summed E-state index contributed by atoms with van der Waals surface area (Å²) in [7, 11) is 0. The highest BCUT2D eigenvalue weighted by Crippen LogP contribution is 2.23. The van der Waals surface area contributed by atoms with Crippen molar-refractivity contribution in [1.82, 2.24) is 19.7 Å². The number of hydrogen-bond donors (Lipinski definition) is 2. The molecule has 2 N–H and O–H groups in total. The SMILES string of the molecule is OCC1CCC(NCc2cnc3ncccn23)CC1. The van der Waals surface area contributed by atoms with E-state index in [1.807, 2.05) is 22.9 Å². The monoisotopic (exact) mass is 260 g/mol. The first-order valence-electron chi connectivity index (χ1n) is 6.98. The number of aliphatic hydroxyl groups excluding tert-OH is 1. The predicted molar refractivity (Wildman–Crippen MR) is 72.7 cm³/mol. The van der Waals surface area contributed by atoms with Gasteiger partial charge in [0.25, 0.3) is 0 Å². The summed E-state index contributed by atoms with van der Waals surface area (Å²) < 4.78 is 2.02. The average molecular weight is 260 g/mol. The Balaban J connectivity index is 1.58. The molecule has 1 fully saturated rings. The van der Waals surface area contributed by atoms with Gasteiger partial charge in [0.2, 0.25) is 5.78 Å². The van der Waals surface area contributed by atoms with Crippen LogP contribution in [-0.2, 0) is 6.54 Å². The molecule has 102 valence electrons. The lowest BCUT2D eigenvalue weighted by Gasteiger charge is -2.28. The second-order valence-electron chi connectivity index (χ2n) is 5.32. The van der Waals surface area contributed by atoms with E-state index in [4.69, 9.17) is 5.11 Å². The summed E-state index contributed by atoms with van der Waals surface area (Å²) in [5.74, 6) is 1.27. The van der Waals surface area contributed by atoms with Crippen molar-refractivity contribution in [1.29, 1.82) is 0 Å². The Morgan fingerprint density at radius 3 is 2.89 bits per heavy atom. The van der Waals surface area contributed by atoms with Crippen molar-refractivity contribution in [3.63, 3.8) is 0 Å². The lowest BCUT2D eigenvalue weighted by atomic mass is 9.86. The number of fused-ring (bicyclic) bond motifs is 1. The number of aromatic nitrogens is 3. The van der Waals surface area contributed by atoms with Crippen LogP contribution in [0.25, 0.3) is 5.78 Å². The van der Waals surface area contributed by atoms with Crippen LogP contribution in [-0.4, -0.2) is 32.1 Å². The Bertz CT molecular complexity index is 531. The largest absolute Gasteiger partial charge is 0.396 e. The van der Waals surface area contributed by atoms with Gasteiger partial charge in [0.15, 0.2) is 0 Å². The zero-order chi connectivity index (χ0) is 13.1. The smallest absolute Gasteiger partial charge is 0.233 e. The summed E-state index contributed by atoms with van der Waals surface area (Å²) in [6.45, 7) is 1.16. The van der Waals surface area contributed by atoms with Gasteiger partial charge in [-0.25, -0.2) is 9.97 Å². The Morgan fingerprint density at radius 2 is 2.11 bits per heavy atom. The van der Waals surface area contributed by atoms with Crippen molar-refractivity contribution in [3.05, 3.63) is 30.4 Å². The molecule has 0 bridgehead atoms. The molecule has 5 nitrogen and oxygen atoms in total. The lowest BCUT2D eigenvalue weighted by Crippen LogP contribution is -2.33. The molecule has 1 saturated carbocycles. The summed E-state index contributed by atoms with van der Waals surface area (Å²) in [5.41, 5.74) is 1.15. The zero-order valence-corrected chi connectivity index (χ0v) is 11.0. The molecule has 3 rings (SSSR count). The fourth-order valence-electron chi connectivity index (χ4n) is 2.81. The van der Waals surface area contributed by atoms with Gasteiger partial charge in [-0.2, -0.15) is 0 Å². The number of aliphatic hydroxyl groups is 1. The molecule has 1 aliphatic rings. The van der Waals surface area contributed by atoms with Gasteiger partial charge in [-0.05, 0) is 37.7 Å². The maximum absolute atomic E-state index is 9.14. The summed E-state index contributed by atoms with van der Waals surface area (Å²) >= 11 is 0. The van der Waals surface area contributed by atoms with Crippen LogP contribution in [0.5, 0.6) is 0 Å². The van der Waals surface area contributed by atoms with E-state index in [0.717, 1.165) is 43.7 Å². The second kappa shape index (κ2) is 5.67. The molecule has 5 heteroatoms. The summed E-state index contributed by atoms with van der Waals surface area (Å²) in [4.78, 5) is 8.50. The van der Waals surface area contributed by atoms with Crippen molar-refractivity contribution in [2.45, 2.75) is 38.3 Å². The van der Waals surface area contributed by atoms with Gasteiger partial charge in [-0.15, -0.1) is 0 Å². The highest BCUT2D eigenvalue weighted by molar-refractivity contribution is 5.30. The minimum absolute atomic E-state index is 0.339. The zero-order valence-electron chi connectivity index (χ0n) is 11.0. The third-order valence-electron chi connectivity index (χ3n) is 4.04. The maximum Gasteiger partial charge on any atom is 0.233 e. The molecular weight excluding hydrogens is 240 g/mol. The van der Waals surface area contributed by atoms with E-state index < -0.39 is 0 Å². The van der Waals surface area contributed by atoms with E-state index >= 15 is 0 Å². The van der Waals surface area contributed by atoms with Crippen LogP contribution in [0.3, 0.4) is 0 Å². The van der Waals surface area contributed by atoms with Crippen molar-refractivity contribution < 1.29 is 5.11 Å². The Kier molecular flexibility index (Phi) is 3.75. The highest BCUT2D eigenvalue weighted by atomic mass is 16.3. The summed E-state index contributed by atoms with van der Waals surface area (Å²) in [6.07, 6.45) is 10.2. The van der Waals surface area contributed by atoms with E-state index in [1.165, 1.54) is 0 Å². The Labute approximate surface area is 112 Å². The molecule has 2 heterocycles. The normalized spacial score (nSPS) is 23.8. The predicted octanol–water partition coefficient (Wildman–Crippen LogP) is 1.37. The maximum atomic E-state index is 9.14. The van der Waals surface area contributed by atoms with Crippen LogP contribution in [0, 0.1) is 5.92 Å². The first-order valence-corrected chi connectivity index (χ1v) is 6.98. The lowest BCUT2D eigenvalue weighted by molar-refractivity contribution is 0.175. The third-order valence-corrected chi connectivity index (χ3v) is 4.04. The summed E-state index contributed by atoms with van der Waals surface area (Å²) in [6, 6.07) is 2.48. The number of hydrogen-bond acceptors (Lipinski definition) is 4. The first kappa shape index (κ1) is 12.6. The number of nitrogens with one attached hydrogen (secondary N) is 1. The molecule has 0 aromatic carbocycles. The minimum atomic E-state index is 0.339. The molecule has 0 amide bonds. The highest BCUT2D eigenvalue weighted by Gasteiger charge is 2.20. The van der Waals surface area contributed by atoms with Gasteiger partial charge in [0.05, 0.1) is 11.9 Å². The average Bonchev–Trinajstić information content (AvgIpc) is 2.89. The molecule has 0 spiro atoms. The number of rotatable bonds is 4. The molecule has 0 atom stereocenters. The molecule has 2 aromatic heterocycles. The molecule has 0 saturated heterocycles. The van der Waals surface area contributed by atoms with E-state index in [9.17, 15) is 0 Å². The van der Waals surface area contributed by atoms with Gasteiger partial charge in [0.1, 0.15) is 0 Å². The molecule has 2 aromatic rings. The standard InChI is InChI=1S/C14H20N4O/c19-10-11-2-4-12(5-3-11)16-8-13-9-17-14-15-6-1-7-18(13)14/h1,6-7,9,11-12,16,19H,2-5,8,10H2. The van der Waals surface area contributed by atoms with Crippen LogP contribution < -0.4 is 5.32 Å². The Hall–Kier alpha value is -1.46. The Morgan fingerprint density at radius 1 is 1.26 bits per heavy atom. The van der Waals surface area contributed by atoms with E-state index in [-0.39, 0.29) is 0 Å².